The van der Waals surface area contributed by atoms with E-state index in [1.165, 1.54) is 45.3 Å². The molecule has 2 atom stereocenters. The van der Waals surface area contributed by atoms with Crippen molar-refractivity contribution in [3.63, 3.8) is 0 Å². The molecule has 3 rings (SSSR count). The van der Waals surface area contributed by atoms with Gasteiger partial charge in [-0.1, -0.05) is 0 Å². The lowest BCUT2D eigenvalue weighted by atomic mass is 10.2. The summed E-state index contributed by atoms with van der Waals surface area (Å²) in [6.07, 6.45) is -2.03. The smallest absolute Gasteiger partial charge is 0.408 e. The summed E-state index contributed by atoms with van der Waals surface area (Å²) >= 11 is 0. The minimum absolute atomic E-state index is 0.0880. The number of hydrogen-bond donors (Lipinski definition) is 2. The number of imidazole rings is 1. The van der Waals surface area contributed by atoms with Gasteiger partial charge in [-0.25, -0.2) is 23.4 Å². The highest BCUT2D eigenvalue weighted by atomic mass is 32.2. The average Bonchev–Trinajstić information content (AvgIpc) is 3.09. The molecule has 0 unspecified atom stereocenters. The monoisotopic (exact) mass is 502 g/mol. The summed E-state index contributed by atoms with van der Waals surface area (Å²) in [5.74, 6) is 0.256. The van der Waals surface area contributed by atoms with Crippen molar-refractivity contribution >= 4 is 32.5 Å². The maximum Gasteiger partial charge on any atom is 0.408 e. The van der Waals surface area contributed by atoms with E-state index < -0.39 is 32.9 Å². The second-order valence-corrected chi connectivity index (χ2v) is 11.1. The third kappa shape index (κ3) is 5.38. The fraction of sp³-hybridized carbons (Fsp3) is 0.500. The number of aliphatic hydroxyl groups is 1. The van der Waals surface area contributed by atoms with Crippen molar-refractivity contribution in [3.05, 3.63) is 30.4 Å². The Morgan fingerprint density at radius 3 is 2.44 bits per heavy atom. The normalized spacial score (nSPS) is 14.7. The van der Waals surface area contributed by atoms with Crippen molar-refractivity contribution in [1.29, 1.82) is 0 Å². The number of aromatic nitrogens is 5. The van der Waals surface area contributed by atoms with E-state index in [1.54, 1.807) is 0 Å². The molecule has 0 saturated carbocycles. The number of pyridine rings is 1. The first kappa shape index (κ1) is 25.6. The highest BCUT2D eigenvalue weighted by Crippen LogP contribution is 2.36. The lowest BCUT2D eigenvalue weighted by molar-refractivity contribution is -0.163. The van der Waals surface area contributed by atoms with Crippen molar-refractivity contribution in [2.24, 2.45) is 0 Å². The molecule has 2 N–H and O–H groups in total. The number of sulfone groups is 1. The third-order valence-electron chi connectivity index (χ3n) is 5.28. The molecule has 10 nitrogen and oxygen atoms in total. The van der Waals surface area contributed by atoms with Crippen LogP contribution in [0.2, 0.25) is 0 Å². The average molecular weight is 503 g/mol. The Hall–Kier alpha value is -3.00. The molecular weight excluding hydrogens is 477 g/mol. The zero-order valence-electron chi connectivity index (χ0n) is 19.1. The maximum atomic E-state index is 13.5. The molecule has 0 aliphatic heterocycles. The van der Waals surface area contributed by atoms with Gasteiger partial charge in [0.05, 0.1) is 11.7 Å². The minimum atomic E-state index is -4.56. The predicted molar refractivity (Wildman–Crippen MR) is 119 cm³/mol. The molecule has 14 heteroatoms. The van der Waals surface area contributed by atoms with E-state index in [9.17, 15) is 26.7 Å². The number of anilines is 2. The van der Waals surface area contributed by atoms with Crippen LogP contribution in [0.4, 0.5) is 24.8 Å². The van der Waals surface area contributed by atoms with E-state index in [4.69, 9.17) is 4.74 Å². The largest absolute Gasteiger partial charge is 0.462 e. The Balaban J connectivity index is 1.91. The third-order valence-corrected chi connectivity index (χ3v) is 7.41. The number of rotatable bonds is 8. The number of alkyl halides is 3. The van der Waals surface area contributed by atoms with Crippen LogP contribution in [0.3, 0.4) is 0 Å². The van der Waals surface area contributed by atoms with Gasteiger partial charge >= 0.3 is 12.2 Å². The summed E-state index contributed by atoms with van der Waals surface area (Å²) in [7, 11) is -3.39. The molecule has 0 radical (unpaired) electrons. The fourth-order valence-corrected chi connectivity index (χ4v) is 3.16. The van der Waals surface area contributed by atoms with Crippen LogP contribution in [0.5, 0.6) is 6.01 Å². The van der Waals surface area contributed by atoms with Gasteiger partial charge in [-0.05, 0) is 33.8 Å². The minimum Gasteiger partial charge on any atom is -0.462 e. The maximum absolute atomic E-state index is 13.5. The van der Waals surface area contributed by atoms with Crippen molar-refractivity contribution in [3.8, 4) is 6.01 Å². The zero-order valence-corrected chi connectivity index (χ0v) is 19.9. The van der Waals surface area contributed by atoms with Crippen LogP contribution in [0.1, 0.15) is 45.7 Å². The van der Waals surface area contributed by atoms with E-state index in [0.29, 0.717) is 0 Å². The van der Waals surface area contributed by atoms with Crippen molar-refractivity contribution < 1.29 is 31.4 Å². The lowest BCUT2D eigenvalue weighted by Gasteiger charge is -2.22. The van der Waals surface area contributed by atoms with Gasteiger partial charge in [-0.3, -0.25) is 0 Å². The molecule has 3 aromatic rings. The molecule has 0 aromatic carbocycles. The lowest BCUT2D eigenvalue weighted by Crippen LogP contribution is -2.37. The Kier molecular flexibility index (Phi) is 6.77. The number of fused-ring (bicyclic) bond motifs is 1. The Morgan fingerprint density at radius 2 is 1.85 bits per heavy atom. The summed E-state index contributed by atoms with van der Waals surface area (Å²) in [5, 5.41) is 12.8. The molecule has 0 aliphatic carbocycles. The van der Waals surface area contributed by atoms with Crippen LogP contribution in [-0.4, -0.2) is 61.8 Å². The molecular formula is C20H25F3N6O4S. The highest BCUT2D eigenvalue weighted by molar-refractivity contribution is 7.92. The van der Waals surface area contributed by atoms with Gasteiger partial charge in [-0.2, -0.15) is 18.2 Å². The van der Waals surface area contributed by atoms with Crippen molar-refractivity contribution in [2.75, 3.05) is 18.2 Å². The first-order chi connectivity index (χ1) is 15.6. The summed E-state index contributed by atoms with van der Waals surface area (Å²) in [6.45, 7) is 5.15. The van der Waals surface area contributed by atoms with Crippen LogP contribution in [0, 0.1) is 0 Å². The SMILES string of the molecule is C[C@H](n1c([C@@H](C)O)nc2cnc(Nc3ccnc(OCC(C)(C)S(C)(=O)=O)n3)cc21)C(F)(F)F. The van der Waals surface area contributed by atoms with Gasteiger partial charge in [-0.15, -0.1) is 0 Å². The summed E-state index contributed by atoms with van der Waals surface area (Å²) < 4.78 is 69.3. The topological polar surface area (TPSA) is 132 Å². The van der Waals surface area contributed by atoms with Gasteiger partial charge in [0.2, 0.25) is 0 Å². The van der Waals surface area contributed by atoms with Gasteiger partial charge in [0.15, 0.2) is 9.84 Å². The number of aliphatic hydroxyl groups excluding tert-OH is 1. The Morgan fingerprint density at radius 1 is 1.18 bits per heavy atom. The van der Waals surface area contributed by atoms with Crippen LogP contribution in [0.15, 0.2) is 24.5 Å². The predicted octanol–water partition coefficient (Wildman–Crippen LogP) is 3.34. The van der Waals surface area contributed by atoms with Crippen molar-refractivity contribution in [1.82, 2.24) is 24.5 Å². The molecule has 3 aromatic heterocycles. The fourth-order valence-electron chi connectivity index (χ4n) is 2.89. The van der Waals surface area contributed by atoms with Crippen molar-refractivity contribution in [2.45, 2.75) is 50.8 Å². The highest BCUT2D eigenvalue weighted by Gasteiger charge is 2.40. The number of ether oxygens (including phenoxy) is 1. The Bertz CT molecular complexity index is 1290. The van der Waals surface area contributed by atoms with E-state index in [1.807, 2.05) is 0 Å². The first-order valence-corrected chi connectivity index (χ1v) is 12.0. The molecule has 0 spiro atoms. The standard InChI is InChI=1S/C20H25F3N6O4S/c1-11(30)17-26-13-9-25-16(8-14(13)29(17)12(2)20(21,22)23)27-15-6-7-24-18(28-15)33-10-19(3,4)34(5,31)32/h6-9,11-12,30H,10H2,1-5H3,(H,24,25,27,28)/t11-,12+/m1/s1. The Labute approximate surface area is 194 Å². The number of nitrogens with one attached hydrogen (secondary N) is 1. The number of halogens is 3. The van der Waals surface area contributed by atoms with Crippen LogP contribution in [0.25, 0.3) is 11.0 Å². The summed E-state index contributed by atoms with van der Waals surface area (Å²) in [4.78, 5) is 16.3. The summed E-state index contributed by atoms with van der Waals surface area (Å²) in [5.41, 5.74) is 0.311. The number of hydrogen-bond acceptors (Lipinski definition) is 9. The molecule has 0 fully saturated rings. The molecule has 3 heterocycles. The van der Waals surface area contributed by atoms with Gasteiger partial charge in [0.25, 0.3) is 0 Å². The van der Waals surface area contributed by atoms with Gasteiger partial charge < -0.3 is 19.7 Å². The van der Waals surface area contributed by atoms with Crippen LogP contribution in [-0.2, 0) is 9.84 Å². The number of nitrogens with zero attached hydrogens (tertiary/aromatic N) is 5. The second-order valence-electron chi connectivity index (χ2n) is 8.46. The van der Waals surface area contributed by atoms with Gasteiger partial charge in [0, 0.05) is 18.5 Å². The van der Waals surface area contributed by atoms with Gasteiger partial charge in [0.1, 0.15) is 46.5 Å². The molecule has 0 bridgehead atoms. The van der Waals surface area contributed by atoms with E-state index in [2.05, 4.69) is 25.3 Å². The molecule has 0 saturated heterocycles. The molecule has 186 valence electrons. The molecule has 0 aliphatic rings. The second kappa shape index (κ2) is 8.98. The quantitative estimate of drug-likeness (QED) is 0.476. The van der Waals surface area contributed by atoms with E-state index >= 15 is 0 Å². The van der Waals surface area contributed by atoms with E-state index in [0.717, 1.165) is 17.7 Å². The molecule has 34 heavy (non-hydrogen) atoms. The van der Waals surface area contributed by atoms with Crippen LogP contribution < -0.4 is 10.1 Å². The first-order valence-electron chi connectivity index (χ1n) is 10.2. The molecule has 0 amide bonds. The van der Waals surface area contributed by atoms with Crippen LogP contribution >= 0.6 is 0 Å². The zero-order chi connectivity index (χ0) is 25.5. The summed E-state index contributed by atoms with van der Waals surface area (Å²) in [6, 6.07) is 0.827. The van der Waals surface area contributed by atoms with E-state index in [-0.39, 0.29) is 41.1 Å².